The third kappa shape index (κ3) is 3.05. The van der Waals surface area contributed by atoms with Gasteiger partial charge in [0.2, 0.25) is 5.88 Å². The van der Waals surface area contributed by atoms with Gasteiger partial charge in [-0.25, -0.2) is 9.98 Å². The van der Waals surface area contributed by atoms with E-state index in [2.05, 4.69) is 16.6 Å². The Morgan fingerprint density at radius 3 is 2.82 bits per heavy atom. The molecule has 6 nitrogen and oxygen atoms in total. The largest absolute Gasteiger partial charge is 0.508 e. The van der Waals surface area contributed by atoms with Gasteiger partial charge in [0.1, 0.15) is 10.6 Å². The van der Waals surface area contributed by atoms with Crippen LogP contribution < -0.4 is 15.4 Å². The van der Waals surface area contributed by atoms with Crippen molar-refractivity contribution >= 4 is 28.5 Å². The first-order valence-corrected chi connectivity index (χ1v) is 9.41. The average molecular weight is 391 g/mol. The zero-order chi connectivity index (χ0) is 19.8. The summed E-state index contributed by atoms with van der Waals surface area (Å²) >= 11 is 1.20. The summed E-state index contributed by atoms with van der Waals surface area (Å²) < 4.78 is 1.57. The Kier molecular flexibility index (Phi) is 4.44. The Morgan fingerprint density at radius 2 is 2.07 bits per heavy atom. The van der Waals surface area contributed by atoms with Crippen molar-refractivity contribution in [3.8, 4) is 11.6 Å². The molecule has 1 aliphatic rings. The molecule has 0 spiro atoms. The van der Waals surface area contributed by atoms with Crippen LogP contribution in [0.1, 0.15) is 10.4 Å². The summed E-state index contributed by atoms with van der Waals surface area (Å²) in [5.74, 6) is -0.343. The average Bonchev–Trinajstić information content (AvgIpc) is 3.12. The van der Waals surface area contributed by atoms with Crippen LogP contribution in [-0.4, -0.2) is 20.7 Å². The number of hydrogen-bond donors (Lipinski definition) is 2. The minimum atomic E-state index is -0.383. The standard InChI is InChI=1S/C21H17N3O3S/c1-3-9-24-20(27)18(28-21(24)22-13-5-4-6-14(25)11-13)17-15-10-12(2)7-8-16(15)23-19(17)26/h3-8,10-11,25,27H,1,9H2,2H3. The predicted octanol–water partition coefficient (Wildman–Crippen LogP) is 2.05. The molecule has 1 aromatic heterocycles. The van der Waals surface area contributed by atoms with E-state index < -0.39 is 0 Å². The molecule has 3 aromatic rings. The van der Waals surface area contributed by atoms with Crippen LogP contribution in [0.5, 0.6) is 11.6 Å². The van der Waals surface area contributed by atoms with Crippen molar-refractivity contribution in [1.29, 1.82) is 0 Å². The summed E-state index contributed by atoms with van der Waals surface area (Å²) in [6.45, 7) is 5.99. The number of benzene rings is 2. The molecule has 7 heteroatoms. The molecule has 1 amide bonds. The molecule has 2 aromatic carbocycles. The maximum Gasteiger partial charge on any atom is 0.279 e. The van der Waals surface area contributed by atoms with E-state index in [9.17, 15) is 15.0 Å². The van der Waals surface area contributed by atoms with Gasteiger partial charge in [-0.3, -0.25) is 9.36 Å². The highest BCUT2D eigenvalue weighted by Gasteiger charge is 2.25. The summed E-state index contributed by atoms with van der Waals surface area (Å²) in [7, 11) is 0. The van der Waals surface area contributed by atoms with Crippen molar-refractivity contribution in [3.63, 3.8) is 0 Å². The van der Waals surface area contributed by atoms with Gasteiger partial charge in [0.05, 0.1) is 16.6 Å². The van der Waals surface area contributed by atoms with Crippen molar-refractivity contribution in [3.05, 3.63) is 80.9 Å². The van der Waals surface area contributed by atoms with Crippen LogP contribution in [0.4, 0.5) is 5.69 Å². The third-order valence-corrected chi connectivity index (χ3v) is 5.42. The van der Waals surface area contributed by atoms with Crippen molar-refractivity contribution in [2.24, 2.45) is 9.98 Å². The van der Waals surface area contributed by atoms with Gasteiger partial charge < -0.3 is 10.2 Å². The van der Waals surface area contributed by atoms with Crippen LogP contribution in [0.15, 0.2) is 65.1 Å². The SMILES string of the molecule is C=CCn1c(O)c(C2=c3cc(C)ccc3=NC2=O)sc1=Nc1cccc(O)c1. The molecule has 0 saturated heterocycles. The summed E-state index contributed by atoms with van der Waals surface area (Å²) in [5, 5.41) is 21.8. The Hall–Kier alpha value is -3.45. The fraction of sp³-hybridized carbons (Fsp3) is 0.0952. The topological polar surface area (TPSA) is 87.2 Å². The monoisotopic (exact) mass is 391 g/mol. The molecule has 0 radical (unpaired) electrons. The van der Waals surface area contributed by atoms with Gasteiger partial charge in [0.15, 0.2) is 4.80 Å². The van der Waals surface area contributed by atoms with Crippen molar-refractivity contribution in [1.82, 2.24) is 4.57 Å². The number of nitrogens with zero attached hydrogens (tertiary/aromatic N) is 3. The number of phenols is 1. The summed E-state index contributed by atoms with van der Waals surface area (Å²) in [5.41, 5.74) is 1.91. The molecule has 2 N–H and O–H groups in total. The molecule has 2 heterocycles. The number of fused-ring (bicyclic) bond motifs is 1. The molecular weight excluding hydrogens is 374 g/mol. The number of phenolic OH excluding ortho intramolecular Hbond substituents is 1. The number of rotatable bonds is 4. The molecule has 28 heavy (non-hydrogen) atoms. The molecule has 0 bridgehead atoms. The van der Waals surface area contributed by atoms with E-state index in [0.29, 0.717) is 38.1 Å². The summed E-state index contributed by atoms with van der Waals surface area (Å²) in [6.07, 6.45) is 1.64. The lowest BCUT2D eigenvalue weighted by Crippen LogP contribution is -2.23. The molecule has 0 fully saturated rings. The highest BCUT2D eigenvalue weighted by Crippen LogP contribution is 2.29. The Balaban J connectivity index is 2.00. The minimum absolute atomic E-state index is 0.0586. The van der Waals surface area contributed by atoms with Gasteiger partial charge in [0, 0.05) is 17.8 Å². The highest BCUT2D eigenvalue weighted by molar-refractivity contribution is 7.11. The molecule has 0 unspecified atom stereocenters. The van der Waals surface area contributed by atoms with Crippen molar-refractivity contribution in [2.75, 3.05) is 0 Å². The van der Waals surface area contributed by atoms with E-state index in [1.165, 1.54) is 17.4 Å². The quantitative estimate of drug-likeness (QED) is 0.668. The van der Waals surface area contributed by atoms with E-state index in [1.54, 1.807) is 34.9 Å². The molecule has 0 aliphatic carbocycles. The van der Waals surface area contributed by atoms with Crippen molar-refractivity contribution < 1.29 is 15.0 Å². The van der Waals surface area contributed by atoms with Crippen LogP contribution >= 0.6 is 11.3 Å². The lowest BCUT2D eigenvalue weighted by molar-refractivity contribution is -0.112. The normalized spacial score (nSPS) is 13.5. The second-order valence-corrected chi connectivity index (χ2v) is 7.36. The number of carbonyl (C=O) groups is 1. The molecule has 140 valence electrons. The number of aryl methyl sites for hydroxylation is 1. The van der Waals surface area contributed by atoms with Gasteiger partial charge in [-0.15, -0.1) is 6.58 Å². The van der Waals surface area contributed by atoms with Crippen LogP contribution in [0, 0.1) is 6.92 Å². The summed E-state index contributed by atoms with van der Waals surface area (Å²) in [4.78, 5) is 22.1. The van der Waals surface area contributed by atoms with Gasteiger partial charge in [-0.2, -0.15) is 0 Å². The molecular formula is C21H17N3O3S. The maximum absolute atomic E-state index is 12.6. The highest BCUT2D eigenvalue weighted by atomic mass is 32.1. The van der Waals surface area contributed by atoms with E-state index >= 15 is 0 Å². The van der Waals surface area contributed by atoms with Crippen LogP contribution in [0.25, 0.3) is 5.57 Å². The number of thiazole rings is 1. The van der Waals surface area contributed by atoms with Gasteiger partial charge >= 0.3 is 0 Å². The first-order chi connectivity index (χ1) is 13.5. The minimum Gasteiger partial charge on any atom is -0.508 e. The number of allylic oxidation sites excluding steroid dienone is 1. The number of aromatic nitrogens is 1. The zero-order valence-corrected chi connectivity index (χ0v) is 15.9. The van der Waals surface area contributed by atoms with E-state index in [-0.39, 0.29) is 17.5 Å². The zero-order valence-electron chi connectivity index (χ0n) is 15.1. The number of amides is 1. The fourth-order valence-corrected chi connectivity index (χ4v) is 4.17. The van der Waals surface area contributed by atoms with Gasteiger partial charge in [0.25, 0.3) is 5.91 Å². The molecule has 0 saturated carbocycles. The number of carbonyl (C=O) groups excluding carboxylic acids is 1. The molecule has 0 atom stereocenters. The van der Waals surface area contributed by atoms with Gasteiger partial charge in [-0.05, 0) is 31.2 Å². The maximum atomic E-state index is 12.6. The lowest BCUT2D eigenvalue weighted by atomic mass is 10.1. The van der Waals surface area contributed by atoms with Crippen molar-refractivity contribution in [2.45, 2.75) is 13.5 Å². The first kappa shape index (κ1) is 17.9. The molecule has 4 rings (SSSR count). The predicted molar refractivity (Wildman–Crippen MR) is 107 cm³/mol. The van der Waals surface area contributed by atoms with E-state index in [4.69, 9.17) is 0 Å². The van der Waals surface area contributed by atoms with E-state index in [0.717, 1.165) is 5.56 Å². The van der Waals surface area contributed by atoms with Crippen LogP contribution in [0.3, 0.4) is 0 Å². The summed E-state index contributed by atoms with van der Waals surface area (Å²) in [6, 6.07) is 12.1. The smallest absolute Gasteiger partial charge is 0.279 e. The van der Waals surface area contributed by atoms with E-state index in [1.807, 2.05) is 19.1 Å². The number of aromatic hydroxyl groups is 2. The first-order valence-electron chi connectivity index (χ1n) is 8.59. The Labute approximate surface area is 164 Å². The second-order valence-electron chi connectivity index (χ2n) is 6.38. The number of hydrogen-bond acceptors (Lipinski definition) is 5. The fourth-order valence-electron chi connectivity index (χ4n) is 3.07. The Morgan fingerprint density at radius 1 is 1.25 bits per heavy atom. The second kappa shape index (κ2) is 6.94. The molecule has 1 aliphatic heterocycles. The van der Waals surface area contributed by atoms with Crippen LogP contribution in [-0.2, 0) is 11.3 Å². The van der Waals surface area contributed by atoms with Gasteiger partial charge in [-0.1, -0.05) is 35.1 Å². The van der Waals surface area contributed by atoms with Crippen LogP contribution in [0.2, 0.25) is 0 Å². The Bertz CT molecular complexity index is 1320. The third-order valence-electron chi connectivity index (χ3n) is 4.33. The lowest BCUT2D eigenvalue weighted by Gasteiger charge is -2.02.